The van der Waals surface area contributed by atoms with Crippen LogP contribution in [0.4, 0.5) is 14.5 Å². The lowest BCUT2D eigenvalue weighted by Gasteiger charge is -2.20. The lowest BCUT2D eigenvalue weighted by molar-refractivity contribution is -0.116. The third-order valence-electron chi connectivity index (χ3n) is 4.75. The quantitative estimate of drug-likeness (QED) is 0.463. The van der Waals surface area contributed by atoms with Gasteiger partial charge in [-0.05, 0) is 46.9 Å². The van der Waals surface area contributed by atoms with Crippen LogP contribution in [0.5, 0.6) is 0 Å². The van der Waals surface area contributed by atoms with Gasteiger partial charge in [0.2, 0.25) is 5.91 Å². The molecule has 0 aliphatic rings. The van der Waals surface area contributed by atoms with Crippen LogP contribution in [0, 0.1) is 0 Å². The molecule has 7 heteroatoms. The standard InChI is InChI=1S/C22H25F2N3OS/c1-13(2)15-8-7-9-16(14(3)4)20(15)26-19(28)12-27-18-11-6-5-10-17(18)25-22(27)29-21(23)24/h5-11,13-14,21H,12H2,1-4H3,(H,26,28). The summed E-state index contributed by atoms with van der Waals surface area (Å²) in [5, 5.41) is 3.18. The first kappa shape index (κ1) is 21.3. The Morgan fingerprint density at radius 1 is 1.03 bits per heavy atom. The monoisotopic (exact) mass is 417 g/mol. The average Bonchev–Trinajstić information content (AvgIpc) is 2.98. The number of nitrogens with one attached hydrogen (secondary N) is 1. The van der Waals surface area contributed by atoms with Crippen molar-refractivity contribution in [3.05, 3.63) is 53.6 Å². The Hall–Kier alpha value is -2.41. The van der Waals surface area contributed by atoms with Crippen LogP contribution in [0.2, 0.25) is 0 Å². The van der Waals surface area contributed by atoms with Gasteiger partial charge < -0.3 is 9.88 Å². The van der Waals surface area contributed by atoms with Crippen LogP contribution in [0.15, 0.2) is 47.6 Å². The maximum atomic E-state index is 13.0. The number of halogens is 2. The number of carbonyl (C=O) groups excluding carboxylic acids is 1. The Labute approximate surface area is 173 Å². The van der Waals surface area contributed by atoms with E-state index in [2.05, 4.69) is 38.0 Å². The van der Waals surface area contributed by atoms with Gasteiger partial charge in [0.15, 0.2) is 5.16 Å². The van der Waals surface area contributed by atoms with E-state index in [9.17, 15) is 13.6 Å². The smallest absolute Gasteiger partial charge is 0.291 e. The Morgan fingerprint density at radius 3 is 2.24 bits per heavy atom. The van der Waals surface area contributed by atoms with Gasteiger partial charge in [0.25, 0.3) is 5.76 Å². The fraction of sp³-hybridized carbons (Fsp3) is 0.364. The Kier molecular flexibility index (Phi) is 6.57. The van der Waals surface area contributed by atoms with E-state index in [1.165, 1.54) is 0 Å². The van der Waals surface area contributed by atoms with Gasteiger partial charge in [-0.2, -0.15) is 8.78 Å². The predicted molar refractivity (Wildman–Crippen MR) is 115 cm³/mol. The van der Waals surface area contributed by atoms with E-state index in [4.69, 9.17) is 0 Å². The van der Waals surface area contributed by atoms with E-state index < -0.39 is 5.76 Å². The molecule has 1 aromatic heterocycles. The number of thioether (sulfide) groups is 1. The predicted octanol–water partition coefficient (Wildman–Crippen LogP) is 6.24. The van der Waals surface area contributed by atoms with Crippen molar-refractivity contribution in [3.8, 4) is 0 Å². The summed E-state index contributed by atoms with van der Waals surface area (Å²) in [6.45, 7) is 8.23. The maximum Gasteiger partial charge on any atom is 0.291 e. The summed E-state index contributed by atoms with van der Waals surface area (Å²) in [5.74, 6) is -2.40. The summed E-state index contributed by atoms with van der Waals surface area (Å²) in [7, 11) is 0. The molecule has 4 nitrogen and oxygen atoms in total. The number of hydrogen-bond acceptors (Lipinski definition) is 3. The number of carbonyl (C=O) groups is 1. The van der Waals surface area contributed by atoms with Crippen molar-refractivity contribution in [1.29, 1.82) is 0 Å². The minimum Gasteiger partial charge on any atom is -0.324 e. The van der Waals surface area contributed by atoms with Gasteiger partial charge in [-0.1, -0.05) is 58.0 Å². The van der Waals surface area contributed by atoms with Crippen molar-refractivity contribution < 1.29 is 13.6 Å². The summed E-state index contributed by atoms with van der Waals surface area (Å²) in [5.41, 5.74) is 4.18. The second-order valence-corrected chi connectivity index (χ2v) is 8.47. The lowest BCUT2D eigenvalue weighted by Crippen LogP contribution is -2.21. The molecule has 0 bridgehead atoms. The third kappa shape index (κ3) is 4.78. The maximum absolute atomic E-state index is 13.0. The molecule has 1 heterocycles. The molecule has 0 fully saturated rings. The number of rotatable bonds is 7. The fourth-order valence-electron chi connectivity index (χ4n) is 3.39. The minimum atomic E-state index is -2.61. The highest BCUT2D eigenvalue weighted by Gasteiger charge is 2.20. The number of amides is 1. The van der Waals surface area contributed by atoms with Gasteiger partial charge in [-0.3, -0.25) is 4.79 Å². The zero-order valence-electron chi connectivity index (χ0n) is 16.9. The van der Waals surface area contributed by atoms with Crippen molar-refractivity contribution in [2.45, 2.75) is 57.0 Å². The molecule has 2 aromatic carbocycles. The van der Waals surface area contributed by atoms with Gasteiger partial charge in [0.1, 0.15) is 6.54 Å². The van der Waals surface area contributed by atoms with Gasteiger partial charge in [-0.15, -0.1) is 0 Å². The minimum absolute atomic E-state index is 0.0838. The summed E-state index contributed by atoms with van der Waals surface area (Å²) in [4.78, 5) is 17.2. The van der Waals surface area contributed by atoms with Crippen LogP contribution in [-0.2, 0) is 11.3 Å². The van der Waals surface area contributed by atoms with Gasteiger partial charge >= 0.3 is 0 Å². The topological polar surface area (TPSA) is 46.9 Å². The molecule has 0 atom stereocenters. The highest BCUT2D eigenvalue weighted by Crippen LogP contribution is 2.33. The second-order valence-electron chi connectivity index (χ2n) is 7.52. The van der Waals surface area contributed by atoms with Crippen molar-refractivity contribution >= 4 is 34.4 Å². The van der Waals surface area contributed by atoms with Crippen LogP contribution in [0.3, 0.4) is 0 Å². The lowest BCUT2D eigenvalue weighted by atomic mass is 9.92. The second kappa shape index (κ2) is 8.95. The molecular formula is C22H25F2N3OS. The molecule has 0 saturated carbocycles. The van der Waals surface area contributed by atoms with E-state index in [1.54, 1.807) is 28.8 Å². The van der Waals surface area contributed by atoms with Gasteiger partial charge in [-0.25, -0.2) is 4.98 Å². The first-order chi connectivity index (χ1) is 13.8. The SMILES string of the molecule is CC(C)c1cccc(C(C)C)c1NC(=O)Cn1c(SC(F)F)nc2ccccc21. The highest BCUT2D eigenvalue weighted by atomic mass is 32.2. The number of imidazole rings is 1. The number of alkyl halides is 2. The molecule has 3 aromatic rings. The normalized spacial score (nSPS) is 11.8. The van der Waals surface area contributed by atoms with E-state index >= 15 is 0 Å². The zero-order chi connectivity index (χ0) is 21.1. The van der Waals surface area contributed by atoms with Crippen LogP contribution < -0.4 is 5.32 Å². The van der Waals surface area contributed by atoms with Gasteiger partial charge in [0.05, 0.1) is 11.0 Å². The van der Waals surface area contributed by atoms with Crippen molar-refractivity contribution in [3.63, 3.8) is 0 Å². The van der Waals surface area contributed by atoms with Crippen LogP contribution in [0.1, 0.15) is 50.7 Å². The molecule has 154 valence electrons. The number of fused-ring (bicyclic) bond motifs is 1. The zero-order valence-corrected chi connectivity index (χ0v) is 17.8. The Balaban J connectivity index is 1.95. The molecule has 0 spiro atoms. The first-order valence-electron chi connectivity index (χ1n) is 9.60. The van der Waals surface area contributed by atoms with E-state index in [1.807, 2.05) is 18.2 Å². The van der Waals surface area contributed by atoms with E-state index in [0.29, 0.717) is 22.8 Å². The first-order valence-corrected chi connectivity index (χ1v) is 10.5. The van der Waals surface area contributed by atoms with Crippen LogP contribution >= 0.6 is 11.8 Å². The summed E-state index contributed by atoms with van der Waals surface area (Å²) >= 11 is 0.354. The molecule has 0 saturated heterocycles. The Morgan fingerprint density at radius 2 is 1.66 bits per heavy atom. The number of para-hydroxylation sites is 3. The molecular weight excluding hydrogens is 392 g/mol. The van der Waals surface area contributed by atoms with Crippen molar-refractivity contribution in [1.82, 2.24) is 9.55 Å². The molecule has 0 unspecified atom stereocenters. The number of anilines is 1. The molecule has 0 aliphatic heterocycles. The molecule has 1 amide bonds. The Bertz CT molecular complexity index is 988. The third-order valence-corrected chi connectivity index (χ3v) is 5.45. The van der Waals surface area contributed by atoms with E-state index in [0.717, 1.165) is 16.8 Å². The molecule has 29 heavy (non-hydrogen) atoms. The van der Waals surface area contributed by atoms with Crippen molar-refractivity contribution in [2.75, 3.05) is 5.32 Å². The van der Waals surface area contributed by atoms with Crippen LogP contribution in [-0.4, -0.2) is 21.2 Å². The molecule has 3 rings (SSSR count). The van der Waals surface area contributed by atoms with Crippen LogP contribution in [0.25, 0.3) is 11.0 Å². The van der Waals surface area contributed by atoms with E-state index in [-0.39, 0.29) is 29.4 Å². The number of benzene rings is 2. The average molecular weight is 418 g/mol. The largest absolute Gasteiger partial charge is 0.324 e. The summed E-state index contributed by atoms with van der Waals surface area (Å²) < 4.78 is 27.6. The number of nitrogens with zero attached hydrogens (tertiary/aromatic N) is 2. The number of hydrogen-bond donors (Lipinski definition) is 1. The number of aromatic nitrogens is 2. The van der Waals surface area contributed by atoms with Gasteiger partial charge in [0, 0.05) is 5.69 Å². The summed E-state index contributed by atoms with van der Waals surface area (Å²) in [6, 6.07) is 13.2. The summed E-state index contributed by atoms with van der Waals surface area (Å²) in [6.07, 6.45) is 0. The fourth-order valence-corrected chi connectivity index (χ4v) is 3.99. The van der Waals surface area contributed by atoms with Crippen molar-refractivity contribution in [2.24, 2.45) is 0 Å². The highest BCUT2D eigenvalue weighted by molar-refractivity contribution is 7.99. The molecule has 0 radical (unpaired) electrons. The molecule has 0 aliphatic carbocycles. The molecule has 1 N–H and O–H groups in total.